The zero-order chi connectivity index (χ0) is 32.4. The van der Waals surface area contributed by atoms with Crippen LogP contribution >= 0.6 is 0 Å². The van der Waals surface area contributed by atoms with E-state index in [1.54, 1.807) is 0 Å². The van der Waals surface area contributed by atoms with Crippen molar-refractivity contribution < 1.29 is 4.42 Å². The molecule has 0 radical (unpaired) electrons. The quantitative estimate of drug-likeness (QED) is 0.197. The van der Waals surface area contributed by atoms with E-state index in [0.717, 1.165) is 27.8 Å². The molecule has 4 heterocycles. The summed E-state index contributed by atoms with van der Waals surface area (Å²) in [6.07, 6.45) is 1.82. The van der Waals surface area contributed by atoms with Crippen molar-refractivity contribution in [3.63, 3.8) is 0 Å². The van der Waals surface area contributed by atoms with Crippen LogP contribution in [-0.4, -0.2) is 14.1 Å². The third-order valence-corrected chi connectivity index (χ3v) is 9.58. The molecular weight excluding hydrogens is 587 g/mol. The number of benzene rings is 6. The molecule has 48 heavy (non-hydrogen) atoms. The molecule has 0 unspecified atom stereocenters. The molecule has 10 rings (SSSR count). The molecule has 4 heteroatoms. The topological polar surface area (TPSA) is 35.9 Å². The second kappa shape index (κ2) is 11.0. The Morgan fingerprint density at radius 1 is 0.458 bits per heavy atom. The van der Waals surface area contributed by atoms with Gasteiger partial charge < -0.3 is 13.6 Å². The molecule has 10 aromatic rings. The third kappa shape index (κ3) is 4.19. The number of aryl methyl sites for hydroxylation is 1. The van der Waals surface area contributed by atoms with Crippen LogP contribution in [0.1, 0.15) is 13.8 Å². The molecular formula is C44H33N3O. The number of nitrogens with zero attached hydrogens (tertiary/aromatic N) is 3. The summed E-state index contributed by atoms with van der Waals surface area (Å²) < 4.78 is 10.7. The summed E-state index contributed by atoms with van der Waals surface area (Å²) in [6.45, 7) is 4.00. The number of furan rings is 1. The van der Waals surface area contributed by atoms with Crippen LogP contribution in [0.5, 0.6) is 0 Å². The van der Waals surface area contributed by atoms with Gasteiger partial charge in [-0.1, -0.05) is 80.6 Å². The fraction of sp³-hybridized carbons (Fsp3) is 0.0682. The fourth-order valence-electron chi connectivity index (χ4n) is 7.38. The zero-order valence-electron chi connectivity index (χ0n) is 27.1. The molecule has 4 aromatic heterocycles. The number of fused-ring (bicyclic) bond motifs is 9. The van der Waals surface area contributed by atoms with Gasteiger partial charge in [-0.2, -0.15) is 0 Å². The van der Waals surface area contributed by atoms with E-state index in [-0.39, 0.29) is 0 Å². The number of para-hydroxylation sites is 2. The molecule has 0 aliphatic heterocycles. The summed E-state index contributed by atoms with van der Waals surface area (Å²) in [5.74, 6) is 0. The highest BCUT2D eigenvalue weighted by Crippen LogP contribution is 2.38. The van der Waals surface area contributed by atoms with Crippen LogP contribution in [0, 0.1) is 0 Å². The molecule has 0 saturated carbocycles. The van der Waals surface area contributed by atoms with Crippen molar-refractivity contribution in [1.82, 2.24) is 14.1 Å². The minimum absolute atomic E-state index is 0.806. The van der Waals surface area contributed by atoms with Crippen LogP contribution < -0.4 is 0 Å². The lowest BCUT2D eigenvalue weighted by Crippen LogP contribution is -1.93. The Morgan fingerprint density at radius 2 is 1.06 bits per heavy atom. The summed E-state index contributed by atoms with van der Waals surface area (Å²) in [5, 5.41) is 6.05. The predicted octanol–water partition coefficient (Wildman–Crippen LogP) is 12.1. The monoisotopic (exact) mass is 619 g/mol. The molecule has 6 aromatic carbocycles. The minimum atomic E-state index is 0.806. The third-order valence-electron chi connectivity index (χ3n) is 9.58. The van der Waals surface area contributed by atoms with E-state index < -0.39 is 0 Å². The van der Waals surface area contributed by atoms with Gasteiger partial charge in [-0.15, -0.1) is 0 Å². The van der Waals surface area contributed by atoms with E-state index in [4.69, 9.17) is 4.42 Å². The van der Waals surface area contributed by atoms with Crippen LogP contribution in [0.3, 0.4) is 0 Å². The van der Waals surface area contributed by atoms with E-state index in [9.17, 15) is 0 Å². The van der Waals surface area contributed by atoms with Gasteiger partial charge in [0, 0.05) is 56.9 Å². The summed E-state index contributed by atoms with van der Waals surface area (Å²) in [4.78, 5) is 4.62. The van der Waals surface area contributed by atoms with Crippen molar-refractivity contribution in [3.8, 4) is 27.9 Å². The number of hydrogen-bond donors (Lipinski definition) is 0. The Balaban J connectivity index is 0.00000154. The normalized spacial score (nSPS) is 11.6. The Morgan fingerprint density at radius 3 is 1.83 bits per heavy atom. The zero-order valence-corrected chi connectivity index (χ0v) is 27.1. The molecule has 230 valence electrons. The van der Waals surface area contributed by atoms with Gasteiger partial charge >= 0.3 is 0 Å². The second-order valence-corrected chi connectivity index (χ2v) is 12.1. The van der Waals surface area contributed by atoms with Crippen LogP contribution in [0.25, 0.3) is 93.6 Å². The summed E-state index contributed by atoms with van der Waals surface area (Å²) in [7, 11) is 2.15. The second-order valence-electron chi connectivity index (χ2n) is 12.1. The molecule has 0 amide bonds. The van der Waals surface area contributed by atoms with Crippen molar-refractivity contribution in [3.05, 3.63) is 146 Å². The number of hydrogen-bond acceptors (Lipinski definition) is 2. The van der Waals surface area contributed by atoms with Gasteiger partial charge in [-0.25, -0.2) is 0 Å². The molecule has 0 fully saturated rings. The van der Waals surface area contributed by atoms with E-state index in [1.165, 1.54) is 65.9 Å². The largest absolute Gasteiger partial charge is 0.454 e. The molecule has 0 bridgehead atoms. The molecule has 0 saturated heterocycles. The molecule has 0 atom stereocenters. The van der Waals surface area contributed by atoms with Crippen molar-refractivity contribution >= 4 is 65.7 Å². The van der Waals surface area contributed by atoms with E-state index >= 15 is 0 Å². The van der Waals surface area contributed by atoms with Gasteiger partial charge in [-0.3, -0.25) is 4.98 Å². The van der Waals surface area contributed by atoms with E-state index in [2.05, 4.69) is 149 Å². The average molecular weight is 620 g/mol. The maximum atomic E-state index is 6.07. The Hall–Kier alpha value is -6.13. The first-order valence-corrected chi connectivity index (χ1v) is 16.6. The maximum Gasteiger partial charge on any atom is 0.153 e. The van der Waals surface area contributed by atoms with Crippen molar-refractivity contribution in [2.24, 2.45) is 7.05 Å². The summed E-state index contributed by atoms with van der Waals surface area (Å²) in [5.41, 5.74) is 13.3. The fourth-order valence-corrected chi connectivity index (χ4v) is 7.38. The smallest absolute Gasteiger partial charge is 0.153 e. The SMILES string of the molecule is CC.Cn1c2ccccc2c2cc(-c3cccc(-c4ccc5c(c4)c4ccccc4n5-c4ccc5oc6cccnc6c5c4)c3)ccc21. The first-order chi connectivity index (χ1) is 23.7. The highest BCUT2D eigenvalue weighted by atomic mass is 16.3. The first-order valence-electron chi connectivity index (χ1n) is 16.6. The van der Waals surface area contributed by atoms with Crippen molar-refractivity contribution in [2.75, 3.05) is 0 Å². The number of aromatic nitrogens is 3. The van der Waals surface area contributed by atoms with Gasteiger partial charge in [0.15, 0.2) is 5.58 Å². The van der Waals surface area contributed by atoms with Crippen molar-refractivity contribution in [1.29, 1.82) is 0 Å². The molecule has 0 aliphatic rings. The van der Waals surface area contributed by atoms with Crippen LogP contribution in [0.15, 0.2) is 150 Å². The lowest BCUT2D eigenvalue weighted by atomic mass is 9.97. The van der Waals surface area contributed by atoms with Crippen molar-refractivity contribution in [2.45, 2.75) is 13.8 Å². The molecule has 0 aliphatic carbocycles. The van der Waals surface area contributed by atoms with Gasteiger partial charge in [-0.05, 0) is 95.1 Å². The van der Waals surface area contributed by atoms with Crippen LogP contribution in [0.4, 0.5) is 0 Å². The highest BCUT2D eigenvalue weighted by molar-refractivity contribution is 6.12. The molecule has 0 N–H and O–H groups in total. The van der Waals surface area contributed by atoms with Gasteiger partial charge in [0.1, 0.15) is 11.1 Å². The highest BCUT2D eigenvalue weighted by Gasteiger charge is 2.16. The van der Waals surface area contributed by atoms with Crippen LogP contribution in [-0.2, 0) is 7.05 Å². The standard InChI is InChI=1S/C42H27N3O.C2H6/c1-44-36-12-4-2-10-31(36)33-23-28(15-18-37(33)44)26-8-6-9-27(22-26)29-16-19-39-34(24-29)32-11-3-5-13-38(32)45(39)30-17-20-40-35(25-30)42-41(46-40)14-7-21-43-42;1-2/h2-25H,1H3;1-2H3. The lowest BCUT2D eigenvalue weighted by molar-refractivity contribution is 0.668. The number of rotatable bonds is 3. The van der Waals surface area contributed by atoms with E-state index in [0.29, 0.717) is 0 Å². The first kappa shape index (κ1) is 28.1. The number of pyridine rings is 1. The molecule has 0 spiro atoms. The van der Waals surface area contributed by atoms with Gasteiger partial charge in [0.2, 0.25) is 0 Å². The molecule has 4 nitrogen and oxygen atoms in total. The summed E-state index contributed by atoms with van der Waals surface area (Å²) >= 11 is 0. The van der Waals surface area contributed by atoms with Gasteiger partial charge in [0.05, 0.1) is 11.0 Å². The van der Waals surface area contributed by atoms with E-state index in [1.807, 2.05) is 32.2 Å². The maximum absolute atomic E-state index is 6.07. The minimum Gasteiger partial charge on any atom is -0.454 e. The summed E-state index contributed by atoms with van der Waals surface area (Å²) in [6, 6.07) is 50.2. The van der Waals surface area contributed by atoms with Crippen LogP contribution in [0.2, 0.25) is 0 Å². The van der Waals surface area contributed by atoms with Gasteiger partial charge in [0.25, 0.3) is 0 Å². The average Bonchev–Trinajstić information content (AvgIpc) is 3.79. The lowest BCUT2D eigenvalue weighted by Gasteiger charge is -2.10. The predicted molar refractivity (Wildman–Crippen MR) is 202 cm³/mol. The Kier molecular flexibility index (Phi) is 6.44. The Bertz CT molecular complexity index is 2830. The Labute approximate surface area is 278 Å².